The first kappa shape index (κ1) is 23.5. The van der Waals surface area contributed by atoms with Crippen molar-refractivity contribution in [1.82, 2.24) is 0 Å². The molecule has 5 rings (SSSR count). The summed E-state index contributed by atoms with van der Waals surface area (Å²) in [7, 11) is -1.87. The van der Waals surface area contributed by atoms with E-state index in [9.17, 15) is 9.59 Å². The maximum atomic E-state index is 12.4. The Bertz CT molecular complexity index is 932. The van der Waals surface area contributed by atoms with Crippen LogP contribution in [-0.2, 0) is 18.8 Å². The largest absolute Gasteiger partial charge is 0.458 e. The van der Waals surface area contributed by atoms with Gasteiger partial charge in [-0.2, -0.15) is 0 Å². The molecule has 1 heterocycles. The fraction of sp³-hybridized carbons (Fsp3) is 0.786. The van der Waals surface area contributed by atoms with E-state index in [4.69, 9.17) is 9.16 Å². The second-order valence-corrected chi connectivity index (χ2v) is 17.1. The molecule has 0 radical (unpaired) electrons. The van der Waals surface area contributed by atoms with Crippen LogP contribution >= 0.6 is 0 Å². The molecule has 4 aliphatic carbocycles. The first-order chi connectivity index (χ1) is 15.4. The van der Waals surface area contributed by atoms with Gasteiger partial charge in [-0.15, -0.1) is 0 Å². The molecule has 1 spiro atoms. The fourth-order valence-corrected chi connectivity index (χ4v) is 11.8. The zero-order valence-electron chi connectivity index (χ0n) is 21.5. The van der Waals surface area contributed by atoms with Gasteiger partial charge >= 0.3 is 5.97 Å². The van der Waals surface area contributed by atoms with Crippen molar-refractivity contribution < 1.29 is 18.8 Å². The molecular weight excluding hydrogens is 428 g/mol. The van der Waals surface area contributed by atoms with Crippen molar-refractivity contribution in [3.05, 3.63) is 23.3 Å². The van der Waals surface area contributed by atoms with Crippen molar-refractivity contribution in [3.8, 4) is 0 Å². The number of carbonyl (C=O) groups excluding carboxylic acids is 2. The number of fused-ring (bicyclic) bond motifs is 6. The smallest absolute Gasteiger partial charge is 0.306 e. The van der Waals surface area contributed by atoms with Crippen molar-refractivity contribution in [3.63, 3.8) is 0 Å². The molecule has 5 aliphatic rings. The lowest BCUT2D eigenvalue weighted by Gasteiger charge is -2.58. The number of ketones is 1. The van der Waals surface area contributed by atoms with Crippen LogP contribution in [0.5, 0.6) is 0 Å². The highest BCUT2D eigenvalue weighted by atomic mass is 28.4. The Morgan fingerprint density at radius 1 is 1.15 bits per heavy atom. The molecule has 0 N–H and O–H groups in total. The Morgan fingerprint density at radius 3 is 2.58 bits per heavy atom. The zero-order chi connectivity index (χ0) is 23.8. The summed E-state index contributed by atoms with van der Waals surface area (Å²) in [6.45, 7) is 13.8. The predicted molar refractivity (Wildman–Crippen MR) is 132 cm³/mol. The first-order valence-corrected chi connectivity index (χ1v) is 16.3. The second kappa shape index (κ2) is 7.65. The predicted octanol–water partition coefficient (Wildman–Crippen LogP) is 6.37. The maximum Gasteiger partial charge on any atom is 0.306 e. The quantitative estimate of drug-likeness (QED) is 0.272. The molecule has 4 nitrogen and oxygen atoms in total. The van der Waals surface area contributed by atoms with Gasteiger partial charge in [0.05, 0.1) is 0 Å². The average molecular weight is 471 g/mol. The van der Waals surface area contributed by atoms with Crippen LogP contribution in [0.1, 0.15) is 79.1 Å². The summed E-state index contributed by atoms with van der Waals surface area (Å²) >= 11 is 0. The Labute approximate surface area is 200 Å². The van der Waals surface area contributed by atoms with E-state index in [0.717, 1.165) is 44.6 Å². The van der Waals surface area contributed by atoms with Crippen LogP contribution in [0.4, 0.5) is 0 Å². The lowest BCUT2D eigenvalue weighted by atomic mass is 9.48. The first-order valence-electron chi connectivity index (χ1n) is 13.2. The SMILES string of the molecule is CC(C)O[Si](C)(C)C[C@@H]1CC2=CC(=O)CC[C@]2(C)C2=CC[C@@]3(C)[C@@H](CC[C@@]34CCC(=O)O4)[C@@H]21. The van der Waals surface area contributed by atoms with Crippen LogP contribution < -0.4 is 0 Å². The number of hydrogen-bond donors (Lipinski definition) is 0. The van der Waals surface area contributed by atoms with Gasteiger partial charge in [0, 0.05) is 29.8 Å². The van der Waals surface area contributed by atoms with Crippen molar-refractivity contribution in [2.24, 2.45) is 28.6 Å². The molecule has 0 aromatic carbocycles. The second-order valence-electron chi connectivity index (χ2n) is 13.0. The van der Waals surface area contributed by atoms with E-state index in [1.807, 2.05) is 6.08 Å². The number of ether oxygens (including phenoxy) is 1. The van der Waals surface area contributed by atoms with Crippen LogP contribution in [0, 0.1) is 28.6 Å². The highest BCUT2D eigenvalue weighted by molar-refractivity contribution is 6.71. The molecule has 1 aliphatic heterocycles. The van der Waals surface area contributed by atoms with Crippen molar-refractivity contribution in [1.29, 1.82) is 0 Å². The lowest BCUT2D eigenvalue weighted by molar-refractivity contribution is -0.160. The van der Waals surface area contributed by atoms with Crippen LogP contribution in [0.15, 0.2) is 23.3 Å². The van der Waals surface area contributed by atoms with Gasteiger partial charge in [0.1, 0.15) is 5.60 Å². The molecule has 3 fully saturated rings. The minimum atomic E-state index is -1.87. The van der Waals surface area contributed by atoms with E-state index in [0.29, 0.717) is 36.4 Å². The monoisotopic (exact) mass is 470 g/mol. The summed E-state index contributed by atoms with van der Waals surface area (Å²) in [6, 6.07) is 1.12. The number of hydrogen-bond acceptors (Lipinski definition) is 4. The summed E-state index contributed by atoms with van der Waals surface area (Å²) in [6.07, 6.45) is 12.0. The van der Waals surface area contributed by atoms with E-state index < -0.39 is 8.32 Å². The van der Waals surface area contributed by atoms with E-state index in [2.05, 4.69) is 46.9 Å². The van der Waals surface area contributed by atoms with Crippen molar-refractivity contribution in [2.75, 3.05) is 0 Å². The third-order valence-corrected chi connectivity index (χ3v) is 12.8. The topological polar surface area (TPSA) is 52.6 Å². The van der Waals surface area contributed by atoms with Crippen LogP contribution in [0.2, 0.25) is 19.1 Å². The highest BCUT2D eigenvalue weighted by Crippen LogP contribution is 2.69. The molecule has 0 bridgehead atoms. The highest BCUT2D eigenvalue weighted by Gasteiger charge is 2.66. The van der Waals surface area contributed by atoms with E-state index >= 15 is 0 Å². The molecule has 182 valence electrons. The van der Waals surface area contributed by atoms with Crippen molar-refractivity contribution >= 4 is 20.1 Å². The zero-order valence-corrected chi connectivity index (χ0v) is 22.5. The number of esters is 1. The Balaban J connectivity index is 1.57. The molecule has 6 atom stereocenters. The van der Waals surface area contributed by atoms with Gasteiger partial charge in [-0.05, 0) is 95.3 Å². The van der Waals surface area contributed by atoms with E-state index in [-0.39, 0.29) is 28.5 Å². The molecule has 1 saturated heterocycles. The third kappa shape index (κ3) is 3.55. The Hall–Kier alpha value is -1.20. The third-order valence-electron chi connectivity index (χ3n) is 10.2. The van der Waals surface area contributed by atoms with Crippen LogP contribution in [0.25, 0.3) is 0 Å². The molecule has 0 aromatic rings. The van der Waals surface area contributed by atoms with E-state index in [1.165, 1.54) is 5.57 Å². The van der Waals surface area contributed by atoms with E-state index in [1.54, 1.807) is 5.57 Å². The minimum Gasteiger partial charge on any atom is -0.458 e. The molecule has 33 heavy (non-hydrogen) atoms. The normalized spacial score (nSPS) is 42.6. The summed E-state index contributed by atoms with van der Waals surface area (Å²) in [5.74, 6) is 1.83. The van der Waals surface area contributed by atoms with Crippen LogP contribution in [0.3, 0.4) is 0 Å². The maximum absolute atomic E-state index is 12.4. The van der Waals surface area contributed by atoms with Gasteiger partial charge in [-0.1, -0.05) is 31.1 Å². The molecule has 0 unspecified atom stereocenters. The Kier molecular flexibility index (Phi) is 5.45. The average Bonchev–Trinajstić information content (AvgIpc) is 3.22. The van der Waals surface area contributed by atoms with Gasteiger partial charge in [0.2, 0.25) is 0 Å². The minimum absolute atomic E-state index is 0.00584. The van der Waals surface area contributed by atoms with Gasteiger partial charge in [0.25, 0.3) is 0 Å². The molecule has 0 amide bonds. The lowest BCUT2D eigenvalue weighted by Crippen LogP contribution is -2.53. The van der Waals surface area contributed by atoms with Crippen LogP contribution in [-0.4, -0.2) is 31.8 Å². The Morgan fingerprint density at radius 2 is 1.91 bits per heavy atom. The van der Waals surface area contributed by atoms with Gasteiger partial charge < -0.3 is 9.16 Å². The van der Waals surface area contributed by atoms with Crippen molar-refractivity contribution in [2.45, 2.75) is 110 Å². The summed E-state index contributed by atoms with van der Waals surface area (Å²) in [5, 5.41) is 0. The summed E-state index contributed by atoms with van der Waals surface area (Å²) < 4.78 is 12.7. The van der Waals surface area contributed by atoms with Gasteiger partial charge in [0.15, 0.2) is 14.1 Å². The molecule has 0 aromatic heterocycles. The number of carbonyl (C=O) groups is 2. The number of rotatable bonds is 4. The molecule has 5 heteroatoms. The summed E-state index contributed by atoms with van der Waals surface area (Å²) in [4.78, 5) is 24.7. The molecule has 2 saturated carbocycles. The standard InChI is InChI=1S/C28H42O4Si/c1-18(2)32-33(5,6)17-19-15-20-16-21(29)7-11-26(20,3)22-8-12-27(4)23(25(19)22)9-13-28(27)14-10-24(30)31-28/h8,16,18-19,23,25H,7,9-15,17H2,1-6H3/t19-,23-,25+,26-,27-,28+/m0/s1. The van der Waals surface area contributed by atoms with Gasteiger partial charge in [-0.3, -0.25) is 9.59 Å². The fourth-order valence-electron chi connectivity index (χ4n) is 8.80. The van der Waals surface area contributed by atoms with Gasteiger partial charge in [-0.25, -0.2) is 0 Å². The molecular formula is C28H42O4Si. The number of allylic oxidation sites excluding steroid dienone is 4. The summed E-state index contributed by atoms with van der Waals surface area (Å²) in [5.41, 5.74) is 2.71.